The molecule has 10 heavy (non-hydrogen) atoms. The van der Waals surface area contributed by atoms with Crippen LogP contribution in [0.3, 0.4) is 0 Å². The van der Waals surface area contributed by atoms with Crippen LogP contribution in [-0.4, -0.2) is 26.4 Å². The van der Waals surface area contributed by atoms with Crippen molar-refractivity contribution >= 4 is 6.09 Å². The summed E-state index contributed by atoms with van der Waals surface area (Å²) in [5, 5.41) is 2.25. The lowest BCUT2D eigenvalue weighted by Crippen LogP contribution is -2.19. The van der Waals surface area contributed by atoms with Gasteiger partial charge in [0.25, 0.3) is 0 Å². The number of ether oxygens (including phenoxy) is 1. The van der Waals surface area contributed by atoms with Gasteiger partial charge < -0.3 is 10.1 Å². The number of carbonyl (C=O) groups is 1. The van der Waals surface area contributed by atoms with Gasteiger partial charge in [-0.3, -0.25) is 0 Å². The van der Waals surface area contributed by atoms with Gasteiger partial charge >= 0.3 is 6.09 Å². The van der Waals surface area contributed by atoms with Crippen molar-refractivity contribution in [3.05, 3.63) is 0 Å². The van der Waals surface area contributed by atoms with Crippen LogP contribution < -0.4 is 5.32 Å². The highest BCUT2D eigenvalue weighted by atomic mass is 19.3. The van der Waals surface area contributed by atoms with Gasteiger partial charge in [0.1, 0.15) is 0 Å². The zero-order valence-electron chi connectivity index (χ0n) is 5.72. The van der Waals surface area contributed by atoms with Gasteiger partial charge in [-0.2, -0.15) is 4.94 Å². The molecule has 0 aromatic heterocycles. The van der Waals surface area contributed by atoms with Crippen LogP contribution in [-0.2, 0) is 9.68 Å². The lowest BCUT2D eigenvalue weighted by Gasteiger charge is -2.00. The third kappa shape index (κ3) is 5.30. The molecule has 0 aliphatic carbocycles. The number of nitrogens with one attached hydrogen (secondary N) is 1. The molecule has 0 radical (unpaired) electrons. The first-order valence-electron chi connectivity index (χ1n) is 2.89. The Hall–Kier alpha value is -0.840. The molecule has 0 fully saturated rings. The molecule has 60 valence electrons. The molecule has 0 atom stereocenters. The third-order valence-electron chi connectivity index (χ3n) is 0.803. The van der Waals surface area contributed by atoms with Crippen LogP contribution in [0.2, 0.25) is 0 Å². The monoisotopic (exact) mass is 151 g/mol. The molecule has 0 aliphatic heterocycles. The molecular weight excluding hydrogens is 141 g/mol. The summed E-state index contributed by atoms with van der Waals surface area (Å²) in [5.41, 5.74) is 0. The summed E-state index contributed by atoms with van der Waals surface area (Å²) >= 11 is 0. The molecule has 0 aromatic carbocycles. The van der Waals surface area contributed by atoms with Crippen molar-refractivity contribution in [1.82, 2.24) is 5.32 Å². The predicted molar refractivity (Wildman–Crippen MR) is 32.1 cm³/mol. The van der Waals surface area contributed by atoms with Crippen LogP contribution in [0.4, 0.5) is 9.32 Å². The van der Waals surface area contributed by atoms with Crippen molar-refractivity contribution in [3.8, 4) is 0 Å². The largest absolute Gasteiger partial charge is 0.449 e. The zero-order valence-corrected chi connectivity index (χ0v) is 5.72. The molecule has 1 N–H and O–H groups in total. The predicted octanol–water partition coefficient (Wildman–Crippen LogP) is 0.634. The molecule has 0 unspecified atom stereocenters. The summed E-state index contributed by atoms with van der Waals surface area (Å²) in [4.78, 5) is 13.6. The van der Waals surface area contributed by atoms with E-state index in [1.165, 1.54) is 7.05 Å². The first kappa shape index (κ1) is 9.16. The van der Waals surface area contributed by atoms with Gasteiger partial charge in [0, 0.05) is 13.5 Å². The van der Waals surface area contributed by atoms with Gasteiger partial charge in [-0.05, 0) is 4.53 Å². The van der Waals surface area contributed by atoms with E-state index >= 15 is 0 Å². The normalized spacial score (nSPS) is 9.00. The summed E-state index contributed by atoms with van der Waals surface area (Å²) in [6.45, 7) is 0.126. The van der Waals surface area contributed by atoms with E-state index in [4.69, 9.17) is 0 Å². The van der Waals surface area contributed by atoms with Crippen LogP contribution >= 0.6 is 0 Å². The maximum atomic E-state index is 10.9. The fourth-order valence-electron chi connectivity index (χ4n) is 0.351. The average Bonchev–Trinajstić information content (AvgIpc) is 1.98. The van der Waals surface area contributed by atoms with E-state index in [1.807, 2.05) is 0 Å². The van der Waals surface area contributed by atoms with Crippen molar-refractivity contribution in [2.45, 2.75) is 6.42 Å². The Morgan fingerprint density at radius 2 is 2.30 bits per heavy atom. The number of alkyl carbamates (subject to hydrolysis) is 1. The number of carbonyl (C=O) groups excluding carboxylic acids is 1. The minimum Gasteiger partial charge on any atom is -0.449 e. The molecule has 0 bridgehead atoms. The summed E-state index contributed by atoms with van der Waals surface area (Å²) in [6.07, 6.45) is -0.150. The Kier molecular flexibility index (Phi) is 5.75. The minimum atomic E-state index is -0.515. The second kappa shape index (κ2) is 6.28. The Morgan fingerprint density at radius 3 is 2.80 bits per heavy atom. The Bertz CT molecular complexity index is 98.9. The molecule has 4 nitrogen and oxygen atoms in total. The van der Waals surface area contributed by atoms with Crippen molar-refractivity contribution < 1.29 is 19.0 Å². The van der Waals surface area contributed by atoms with E-state index in [0.717, 1.165) is 0 Å². The van der Waals surface area contributed by atoms with Gasteiger partial charge in [-0.1, -0.05) is 0 Å². The molecule has 0 aromatic rings. The van der Waals surface area contributed by atoms with Gasteiger partial charge in [0.2, 0.25) is 0 Å². The van der Waals surface area contributed by atoms with Crippen molar-refractivity contribution in [2.24, 2.45) is 0 Å². The Balaban J connectivity index is 2.96. The topological polar surface area (TPSA) is 47.6 Å². The molecule has 0 saturated heterocycles. The maximum Gasteiger partial charge on any atom is 0.406 e. The molecule has 0 rings (SSSR count). The second-order valence-corrected chi connectivity index (χ2v) is 1.55. The molecular formula is C5H10FNO3. The van der Waals surface area contributed by atoms with Crippen LogP contribution in [0.5, 0.6) is 0 Å². The van der Waals surface area contributed by atoms with E-state index in [1.54, 1.807) is 0 Å². The van der Waals surface area contributed by atoms with E-state index in [0.29, 0.717) is 6.42 Å². The summed E-state index contributed by atoms with van der Waals surface area (Å²) in [5.74, 6) is 0. The van der Waals surface area contributed by atoms with Crippen LogP contribution in [0.1, 0.15) is 6.42 Å². The average molecular weight is 151 g/mol. The smallest absolute Gasteiger partial charge is 0.406 e. The van der Waals surface area contributed by atoms with E-state index < -0.39 is 6.09 Å². The maximum absolute atomic E-state index is 10.9. The fraction of sp³-hybridized carbons (Fsp3) is 0.800. The molecule has 5 heteroatoms. The second-order valence-electron chi connectivity index (χ2n) is 1.55. The van der Waals surface area contributed by atoms with Gasteiger partial charge in [-0.25, -0.2) is 4.79 Å². The highest BCUT2D eigenvalue weighted by Crippen LogP contribution is 1.85. The molecule has 1 amide bonds. The van der Waals surface area contributed by atoms with E-state index in [-0.39, 0.29) is 13.2 Å². The Morgan fingerprint density at radius 1 is 1.60 bits per heavy atom. The number of amides is 1. The minimum absolute atomic E-state index is 0.0446. The van der Waals surface area contributed by atoms with Crippen molar-refractivity contribution in [3.63, 3.8) is 0 Å². The first-order chi connectivity index (χ1) is 4.81. The molecule has 0 aliphatic rings. The first-order valence-corrected chi connectivity index (χ1v) is 2.89. The van der Waals surface area contributed by atoms with Gasteiger partial charge in [-0.15, -0.1) is 0 Å². The standard InChI is InChI=1S/C5H10FNO3/c1-7-5(8)9-3-2-4-10-6/h2-4H2,1H3,(H,7,8). The summed E-state index contributed by atoms with van der Waals surface area (Å²) in [6, 6.07) is 0. The number of hydrogen-bond acceptors (Lipinski definition) is 3. The SMILES string of the molecule is CNC(=O)OCCCOF. The fourth-order valence-corrected chi connectivity index (χ4v) is 0.351. The van der Waals surface area contributed by atoms with Crippen molar-refractivity contribution in [1.29, 1.82) is 0 Å². The molecule has 0 heterocycles. The summed E-state index contributed by atoms with van der Waals surface area (Å²) in [7, 11) is 1.45. The quantitative estimate of drug-likeness (QED) is 0.599. The number of hydrogen-bond donors (Lipinski definition) is 1. The van der Waals surface area contributed by atoms with Crippen LogP contribution in [0, 0.1) is 0 Å². The van der Waals surface area contributed by atoms with Crippen molar-refractivity contribution in [2.75, 3.05) is 20.3 Å². The van der Waals surface area contributed by atoms with Gasteiger partial charge in [0.15, 0.2) is 0 Å². The zero-order chi connectivity index (χ0) is 7.82. The highest BCUT2D eigenvalue weighted by Gasteiger charge is 1.95. The Labute approximate surface area is 58.2 Å². The third-order valence-corrected chi connectivity index (χ3v) is 0.803. The summed E-state index contributed by atoms with van der Waals surface area (Å²) < 4.78 is 15.4. The lowest BCUT2D eigenvalue weighted by atomic mass is 10.5. The lowest BCUT2D eigenvalue weighted by molar-refractivity contribution is -0.134. The number of halogens is 1. The number of rotatable bonds is 4. The van der Waals surface area contributed by atoms with Crippen LogP contribution in [0.15, 0.2) is 0 Å². The molecule has 0 spiro atoms. The van der Waals surface area contributed by atoms with E-state index in [2.05, 4.69) is 15.0 Å². The van der Waals surface area contributed by atoms with Gasteiger partial charge in [0.05, 0.1) is 13.2 Å². The van der Waals surface area contributed by atoms with Crippen LogP contribution in [0.25, 0.3) is 0 Å². The molecule has 0 saturated carbocycles. The van der Waals surface area contributed by atoms with E-state index in [9.17, 15) is 9.32 Å². The highest BCUT2D eigenvalue weighted by molar-refractivity contribution is 5.66.